The van der Waals surface area contributed by atoms with Crippen LogP contribution in [0.1, 0.15) is 29.3 Å². The van der Waals surface area contributed by atoms with Crippen molar-refractivity contribution in [1.29, 1.82) is 0 Å². The molecule has 3 rings (SSSR count). The molecule has 0 aliphatic heterocycles. The Labute approximate surface area is 196 Å². The van der Waals surface area contributed by atoms with E-state index in [1.165, 1.54) is 11.8 Å². The molecule has 0 radical (unpaired) electrons. The van der Waals surface area contributed by atoms with Gasteiger partial charge in [0.15, 0.2) is 0 Å². The Hall–Kier alpha value is -2.47. The van der Waals surface area contributed by atoms with E-state index in [1.54, 1.807) is 24.3 Å². The zero-order valence-electron chi connectivity index (χ0n) is 17.1. The van der Waals surface area contributed by atoms with E-state index < -0.39 is 0 Å². The molecule has 0 spiro atoms. The SMILES string of the molecule is CCC(Sc1cccc(NC(=O)c2cccc(C)c2)c1)C(=O)Nc1cc(Cl)cc(Cl)c1. The van der Waals surface area contributed by atoms with Crippen LogP contribution in [0.2, 0.25) is 10.0 Å². The lowest BCUT2D eigenvalue weighted by Crippen LogP contribution is -2.24. The molecule has 3 aromatic rings. The summed E-state index contributed by atoms with van der Waals surface area (Å²) in [4.78, 5) is 26.2. The molecule has 0 aliphatic carbocycles. The lowest BCUT2D eigenvalue weighted by Gasteiger charge is -2.16. The van der Waals surface area contributed by atoms with E-state index in [1.807, 2.05) is 56.3 Å². The van der Waals surface area contributed by atoms with Crippen LogP contribution >= 0.6 is 35.0 Å². The average molecular weight is 473 g/mol. The third-order valence-corrected chi connectivity index (χ3v) is 6.24. The molecular weight excluding hydrogens is 451 g/mol. The van der Waals surface area contributed by atoms with Crippen LogP contribution in [0.3, 0.4) is 0 Å². The van der Waals surface area contributed by atoms with Gasteiger partial charge in [0, 0.05) is 31.9 Å². The molecule has 1 unspecified atom stereocenters. The number of carbonyl (C=O) groups is 2. The maximum absolute atomic E-state index is 12.8. The zero-order chi connectivity index (χ0) is 22.4. The summed E-state index contributed by atoms with van der Waals surface area (Å²) < 4.78 is 0. The van der Waals surface area contributed by atoms with Crippen molar-refractivity contribution < 1.29 is 9.59 Å². The van der Waals surface area contributed by atoms with Crippen molar-refractivity contribution in [2.45, 2.75) is 30.4 Å². The number of carbonyl (C=O) groups excluding carboxylic acids is 2. The van der Waals surface area contributed by atoms with E-state index >= 15 is 0 Å². The molecule has 0 aliphatic rings. The number of hydrogen-bond acceptors (Lipinski definition) is 3. The maximum atomic E-state index is 12.8. The third-order valence-electron chi connectivity index (χ3n) is 4.44. The van der Waals surface area contributed by atoms with E-state index in [2.05, 4.69) is 10.6 Å². The van der Waals surface area contributed by atoms with Crippen LogP contribution in [-0.4, -0.2) is 17.1 Å². The number of thioether (sulfide) groups is 1. The van der Waals surface area contributed by atoms with Crippen LogP contribution in [0.5, 0.6) is 0 Å². The van der Waals surface area contributed by atoms with Crippen molar-refractivity contribution in [3.05, 3.63) is 87.9 Å². The standard InChI is InChI=1S/C24H22Cl2N2O2S/c1-3-22(24(30)28-20-12-17(25)11-18(26)13-20)31-21-9-5-8-19(14-21)27-23(29)16-7-4-6-15(2)10-16/h4-14,22H,3H2,1-2H3,(H,27,29)(H,28,30). The van der Waals surface area contributed by atoms with Gasteiger partial charge in [-0.25, -0.2) is 0 Å². The molecule has 0 saturated heterocycles. The summed E-state index contributed by atoms with van der Waals surface area (Å²) in [6, 6.07) is 19.8. The van der Waals surface area contributed by atoms with Gasteiger partial charge in [0.05, 0.1) is 5.25 Å². The van der Waals surface area contributed by atoms with E-state index in [9.17, 15) is 9.59 Å². The molecule has 7 heteroatoms. The Balaban J connectivity index is 1.68. The highest BCUT2D eigenvalue weighted by Crippen LogP contribution is 2.29. The van der Waals surface area contributed by atoms with Gasteiger partial charge in [-0.1, -0.05) is 53.9 Å². The first-order chi connectivity index (χ1) is 14.8. The minimum Gasteiger partial charge on any atom is -0.325 e. The van der Waals surface area contributed by atoms with Gasteiger partial charge in [0.25, 0.3) is 5.91 Å². The van der Waals surface area contributed by atoms with Gasteiger partial charge < -0.3 is 10.6 Å². The Bertz CT molecular complexity index is 1080. The minimum absolute atomic E-state index is 0.139. The zero-order valence-corrected chi connectivity index (χ0v) is 19.4. The number of amides is 2. The average Bonchev–Trinajstić information content (AvgIpc) is 2.71. The predicted molar refractivity (Wildman–Crippen MR) is 131 cm³/mol. The van der Waals surface area contributed by atoms with Gasteiger partial charge in [-0.15, -0.1) is 11.8 Å². The predicted octanol–water partition coefficient (Wildman–Crippen LogP) is 7.06. The summed E-state index contributed by atoms with van der Waals surface area (Å²) in [6.45, 7) is 3.90. The van der Waals surface area contributed by atoms with E-state index in [4.69, 9.17) is 23.2 Å². The molecule has 2 amide bonds. The molecule has 0 fully saturated rings. The normalized spacial score (nSPS) is 11.6. The lowest BCUT2D eigenvalue weighted by molar-refractivity contribution is -0.115. The number of halogens is 2. The van der Waals surface area contributed by atoms with Crippen molar-refractivity contribution in [2.24, 2.45) is 0 Å². The number of anilines is 2. The van der Waals surface area contributed by atoms with Crippen molar-refractivity contribution in [3.63, 3.8) is 0 Å². The molecule has 4 nitrogen and oxygen atoms in total. The quantitative estimate of drug-likeness (QED) is 0.361. The van der Waals surface area contributed by atoms with Crippen LogP contribution in [0, 0.1) is 6.92 Å². The lowest BCUT2D eigenvalue weighted by atomic mass is 10.1. The van der Waals surface area contributed by atoms with Gasteiger partial charge >= 0.3 is 0 Å². The van der Waals surface area contributed by atoms with Crippen molar-refractivity contribution in [1.82, 2.24) is 0 Å². The number of aryl methyl sites for hydroxylation is 1. The Morgan fingerprint density at radius 2 is 1.61 bits per heavy atom. The highest BCUT2D eigenvalue weighted by Gasteiger charge is 2.19. The molecule has 2 N–H and O–H groups in total. The molecule has 0 heterocycles. The molecule has 160 valence electrons. The highest BCUT2D eigenvalue weighted by molar-refractivity contribution is 8.00. The molecule has 3 aromatic carbocycles. The summed E-state index contributed by atoms with van der Waals surface area (Å²) in [6.07, 6.45) is 0.630. The third kappa shape index (κ3) is 6.76. The summed E-state index contributed by atoms with van der Waals surface area (Å²) in [7, 11) is 0. The molecular formula is C24H22Cl2N2O2S. The minimum atomic E-state index is -0.319. The first-order valence-corrected chi connectivity index (χ1v) is 11.4. The fourth-order valence-electron chi connectivity index (χ4n) is 2.97. The molecule has 0 aromatic heterocycles. The van der Waals surface area contributed by atoms with Gasteiger partial charge in [-0.2, -0.15) is 0 Å². The highest BCUT2D eigenvalue weighted by atomic mass is 35.5. The van der Waals surface area contributed by atoms with Crippen molar-refractivity contribution in [2.75, 3.05) is 10.6 Å². The fourth-order valence-corrected chi connectivity index (χ4v) is 4.51. The van der Waals surface area contributed by atoms with Crippen LogP contribution < -0.4 is 10.6 Å². The van der Waals surface area contributed by atoms with Gasteiger partial charge in [-0.3, -0.25) is 9.59 Å². The molecule has 31 heavy (non-hydrogen) atoms. The van der Waals surface area contributed by atoms with E-state index in [0.29, 0.717) is 33.4 Å². The van der Waals surface area contributed by atoms with E-state index in [-0.39, 0.29) is 17.1 Å². The smallest absolute Gasteiger partial charge is 0.255 e. The monoisotopic (exact) mass is 472 g/mol. The van der Waals surface area contributed by atoms with Crippen LogP contribution in [0.25, 0.3) is 0 Å². The Morgan fingerprint density at radius 1 is 0.903 bits per heavy atom. The summed E-state index contributed by atoms with van der Waals surface area (Å²) in [5.41, 5.74) is 2.85. The topological polar surface area (TPSA) is 58.2 Å². The molecule has 0 bridgehead atoms. The largest absolute Gasteiger partial charge is 0.325 e. The Morgan fingerprint density at radius 3 is 2.29 bits per heavy atom. The first-order valence-electron chi connectivity index (χ1n) is 9.75. The molecule has 1 atom stereocenters. The number of rotatable bonds is 7. The summed E-state index contributed by atoms with van der Waals surface area (Å²) >= 11 is 13.5. The number of hydrogen-bond donors (Lipinski definition) is 2. The van der Waals surface area contributed by atoms with Crippen LogP contribution in [0.15, 0.2) is 71.6 Å². The van der Waals surface area contributed by atoms with E-state index in [0.717, 1.165) is 10.5 Å². The molecule has 0 saturated carbocycles. The van der Waals surface area contributed by atoms with Gasteiger partial charge in [0.2, 0.25) is 5.91 Å². The first kappa shape index (κ1) is 23.2. The van der Waals surface area contributed by atoms with Crippen molar-refractivity contribution in [3.8, 4) is 0 Å². The maximum Gasteiger partial charge on any atom is 0.255 e. The Kier molecular flexibility index (Phi) is 8.02. The van der Waals surface area contributed by atoms with Gasteiger partial charge in [-0.05, 0) is 61.9 Å². The summed E-state index contributed by atoms with van der Waals surface area (Å²) in [5.74, 6) is -0.312. The van der Waals surface area contributed by atoms with Gasteiger partial charge in [0.1, 0.15) is 0 Å². The second-order valence-corrected chi connectivity index (χ2v) is 9.16. The van der Waals surface area contributed by atoms with Crippen molar-refractivity contribution >= 4 is 58.2 Å². The number of benzene rings is 3. The van der Waals surface area contributed by atoms with Crippen LogP contribution in [-0.2, 0) is 4.79 Å². The number of nitrogens with one attached hydrogen (secondary N) is 2. The van der Waals surface area contributed by atoms with Crippen LogP contribution in [0.4, 0.5) is 11.4 Å². The fraction of sp³-hybridized carbons (Fsp3) is 0.167. The second-order valence-electron chi connectivity index (χ2n) is 7.01. The summed E-state index contributed by atoms with van der Waals surface area (Å²) in [5, 5.41) is 6.39. The second kappa shape index (κ2) is 10.7.